The Morgan fingerprint density at radius 2 is 1.89 bits per heavy atom. The Kier molecular flexibility index (Phi) is 8.87. The first-order valence-electron chi connectivity index (χ1n) is 15.0. The maximum atomic E-state index is 13.3. The lowest BCUT2D eigenvalue weighted by Crippen LogP contribution is -2.63. The van der Waals surface area contributed by atoms with E-state index in [9.17, 15) is 9.59 Å². The summed E-state index contributed by atoms with van der Waals surface area (Å²) in [6.45, 7) is 4.69. The van der Waals surface area contributed by atoms with Gasteiger partial charge in [-0.1, -0.05) is 6.07 Å². The van der Waals surface area contributed by atoms with E-state index in [0.29, 0.717) is 56.7 Å². The summed E-state index contributed by atoms with van der Waals surface area (Å²) in [4.78, 5) is 39.5. The third-order valence-corrected chi connectivity index (χ3v) is 8.04. The molecule has 4 heterocycles. The van der Waals surface area contributed by atoms with Crippen molar-refractivity contribution in [2.45, 2.75) is 31.5 Å². The number of nitrogens with one attached hydrogen (secondary N) is 2. The standard InChI is InChI=1S/C32H37N7O6/c1-32(10-12-35-30(36-32)38-14-13-33-22-38)39-16-15-37(31(41)45-26-6-4-25(42-2)5-7-26)21-24(39)20-29(40)34-11-9-23-3-8-27-28(19-23)44-18-17-43-27/h3-8,10,12-14,19,22,24H,9,11,15-18,20-21H2,1-2H3,(H,34,40)(H,35,36). The number of ether oxygens (including phenoxy) is 4. The van der Waals surface area contributed by atoms with Crippen molar-refractivity contribution < 1.29 is 28.5 Å². The molecule has 0 aliphatic carbocycles. The van der Waals surface area contributed by atoms with E-state index < -0.39 is 11.8 Å². The first-order valence-corrected chi connectivity index (χ1v) is 15.0. The first kappa shape index (κ1) is 30.0. The van der Waals surface area contributed by atoms with E-state index in [-0.39, 0.29) is 24.9 Å². The molecule has 0 saturated carbocycles. The lowest BCUT2D eigenvalue weighted by atomic mass is 10.0. The molecular formula is C32H37N7O6. The number of hydrogen-bond donors (Lipinski definition) is 2. The Morgan fingerprint density at radius 3 is 2.67 bits per heavy atom. The first-order chi connectivity index (χ1) is 21.9. The summed E-state index contributed by atoms with van der Waals surface area (Å²) in [6.07, 6.45) is 9.31. The molecule has 2 unspecified atom stereocenters. The molecule has 0 spiro atoms. The number of methoxy groups -OCH3 is 1. The van der Waals surface area contributed by atoms with Gasteiger partial charge in [-0.25, -0.2) is 14.8 Å². The van der Waals surface area contributed by atoms with Crippen LogP contribution in [0.25, 0.3) is 0 Å². The molecule has 1 aromatic heterocycles. The van der Waals surface area contributed by atoms with E-state index in [4.69, 9.17) is 23.9 Å². The highest BCUT2D eigenvalue weighted by Crippen LogP contribution is 2.31. The van der Waals surface area contributed by atoms with Crippen molar-refractivity contribution in [3.8, 4) is 23.0 Å². The molecule has 3 aliphatic rings. The summed E-state index contributed by atoms with van der Waals surface area (Å²) in [5.41, 5.74) is 0.271. The van der Waals surface area contributed by atoms with E-state index in [0.717, 1.165) is 17.1 Å². The monoisotopic (exact) mass is 615 g/mol. The van der Waals surface area contributed by atoms with Crippen LogP contribution in [0.1, 0.15) is 18.9 Å². The molecule has 1 saturated heterocycles. The van der Waals surface area contributed by atoms with Crippen molar-refractivity contribution >= 4 is 18.0 Å². The molecule has 1 fully saturated rings. The van der Waals surface area contributed by atoms with E-state index in [2.05, 4.69) is 20.5 Å². The number of piperazine rings is 1. The van der Waals surface area contributed by atoms with Crippen LogP contribution in [0.3, 0.4) is 0 Å². The Balaban J connectivity index is 1.14. The smallest absolute Gasteiger partial charge is 0.415 e. The Hall–Kier alpha value is -5.04. The average Bonchev–Trinajstić information content (AvgIpc) is 3.60. The van der Waals surface area contributed by atoms with Crippen LogP contribution in [0.15, 0.2) is 78.5 Å². The number of nitrogens with zero attached hydrogens (tertiary/aromatic N) is 5. The number of hydrogen-bond acceptors (Lipinski definition) is 10. The highest BCUT2D eigenvalue weighted by Gasteiger charge is 2.41. The fraction of sp³-hybridized carbons (Fsp3) is 0.375. The molecule has 2 aromatic carbocycles. The highest BCUT2D eigenvalue weighted by molar-refractivity contribution is 5.84. The largest absolute Gasteiger partial charge is 0.497 e. The molecule has 236 valence electrons. The molecule has 2 amide bonds. The van der Waals surface area contributed by atoms with Crippen LogP contribution in [0.5, 0.6) is 23.0 Å². The molecule has 6 rings (SSSR count). The quantitative estimate of drug-likeness (QED) is 0.393. The summed E-state index contributed by atoms with van der Waals surface area (Å²) in [5, 5.41) is 6.23. The summed E-state index contributed by atoms with van der Waals surface area (Å²) < 4.78 is 23.9. The van der Waals surface area contributed by atoms with Crippen LogP contribution >= 0.6 is 0 Å². The number of imidazole rings is 1. The predicted molar refractivity (Wildman–Crippen MR) is 166 cm³/mol. The number of rotatable bonds is 8. The van der Waals surface area contributed by atoms with E-state index in [1.165, 1.54) is 0 Å². The van der Waals surface area contributed by atoms with Crippen LogP contribution in [0.4, 0.5) is 4.79 Å². The summed E-state index contributed by atoms with van der Waals surface area (Å²) in [6, 6.07) is 12.3. The molecule has 0 radical (unpaired) electrons. The Labute approximate surface area is 261 Å². The number of fused-ring (bicyclic) bond motifs is 1. The fourth-order valence-electron chi connectivity index (χ4n) is 5.71. The highest BCUT2D eigenvalue weighted by atomic mass is 16.6. The van der Waals surface area contributed by atoms with Crippen LogP contribution < -0.4 is 29.6 Å². The van der Waals surface area contributed by atoms with Gasteiger partial charge in [0.25, 0.3) is 0 Å². The van der Waals surface area contributed by atoms with Crippen LogP contribution in [-0.2, 0) is 11.2 Å². The van der Waals surface area contributed by atoms with Crippen molar-refractivity contribution in [3.05, 3.63) is 79.0 Å². The van der Waals surface area contributed by atoms with Gasteiger partial charge in [-0.05, 0) is 61.4 Å². The number of carbonyl (C=O) groups excluding carboxylic acids is 2. The summed E-state index contributed by atoms with van der Waals surface area (Å²) >= 11 is 0. The van der Waals surface area contributed by atoms with E-state index >= 15 is 0 Å². The molecule has 3 aromatic rings. The zero-order valence-corrected chi connectivity index (χ0v) is 25.3. The van der Waals surface area contributed by atoms with Gasteiger partial charge in [-0.15, -0.1) is 0 Å². The number of aliphatic imine (C=N–C) groups is 1. The van der Waals surface area contributed by atoms with Crippen LogP contribution in [-0.4, -0.2) is 95.5 Å². The molecule has 2 N–H and O–H groups in total. The van der Waals surface area contributed by atoms with E-state index in [1.807, 2.05) is 43.6 Å². The van der Waals surface area contributed by atoms with Crippen LogP contribution in [0, 0.1) is 0 Å². The zero-order chi connectivity index (χ0) is 31.2. The maximum Gasteiger partial charge on any atom is 0.415 e. The van der Waals surface area contributed by atoms with Gasteiger partial charge in [0.05, 0.1) is 7.11 Å². The maximum absolute atomic E-state index is 13.3. The van der Waals surface area contributed by atoms with Crippen molar-refractivity contribution in [1.29, 1.82) is 0 Å². The minimum absolute atomic E-state index is 0.117. The third kappa shape index (κ3) is 7.04. The molecule has 0 bridgehead atoms. The molecular weight excluding hydrogens is 578 g/mol. The summed E-state index contributed by atoms with van der Waals surface area (Å²) in [5.74, 6) is 3.04. The molecule has 13 nitrogen and oxygen atoms in total. The van der Waals surface area contributed by atoms with Crippen LogP contribution in [0.2, 0.25) is 0 Å². The normalized spacial score (nSPS) is 21.0. The van der Waals surface area contributed by atoms with Gasteiger partial charge >= 0.3 is 6.09 Å². The Bertz CT molecular complexity index is 1560. The van der Waals surface area contributed by atoms with Gasteiger partial charge < -0.3 is 34.5 Å². The second-order valence-electron chi connectivity index (χ2n) is 11.1. The third-order valence-electron chi connectivity index (χ3n) is 8.04. The van der Waals surface area contributed by atoms with Gasteiger partial charge in [0.2, 0.25) is 11.9 Å². The van der Waals surface area contributed by atoms with Crippen molar-refractivity contribution in [1.82, 2.24) is 30.0 Å². The second-order valence-corrected chi connectivity index (χ2v) is 11.1. The SMILES string of the molecule is COc1ccc(OC(=O)N2CCN(C3(C)C=CNC(n4ccnc4)=N3)C(CC(=O)NCCc3ccc4c(c3)OCCO4)C2)cc1. The number of carbonyl (C=O) groups is 2. The second kappa shape index (κ2) is 13.3. The number of amides is 2. The topological polar surface area (TPSA) is 132 Å². The predicted octanol–water partition coefficient (Wildman–Crippen LogP) is 2.63. The molecule has 45 heavy (non-hydrogen) atoms. The lowest BCUT2D eigenvalue weighted by molar-refractivity contribution is -0.123. The Morgan fingerprint density at radius 1 is 1.09 bits per heavy atom. The van der Waals surface area contributed by atoms with E-state index in [1.54, 1.807) is 53.4 Å². The molecule has 3 aliphatic heterocycles. The number of benzene rings is 2. The lowest BCUT2D eigenvalue weighted by Gasteiger charge is -2.48. The van der Waals surface area contributed by atoms with Crippen molar-refractivity contribution in [3.63, 3.8) is 0 Å². The average molecular weight is 616 g/mol. The van der Waals surface area contributed by atoms with Gasteiger partial charge in [0.1, 0.15) is 36.7 Å². The minimum Gasteiger partial charge on any atom is -0.497 e. The fourth-order valence-corrected chi connectivity index (χ4v) is 5.71. The minimum atomic E-state index is -0.771. The van der Waals surface area contributed by atoms with Gasteiger partial charge in [-0.2, -0.15) is 0 Å². The summed E-state index contributed by atoms with van der Waals surface area (Å²) in [7, 11) is 1.58. The van der Waals surface area contributed by atoms with Crippen molar-refractivity contribution in [2.24, 2.45) is 4.99 Å². The van der Waals surface area contributed by atoms with Crippen molar-refractivity contribution in [2.75, 3.05) is 46.5 Å². The van der Waals surface area contributed by atoms with Gasteiger partial charge in [-0.3, -0.25) is 14.3 Å². The van der Waals surface area contributed by atoms with Gasteiger partial charge in [0.15, 0.2) is 11.5 Å². The molecule has 2 atom stereocenters. The number of aromatic nitrogens is 2. The zero-order valence-electron chi connectivity index (χ0n) is 25.3. The molecule has 13 heteroatoms. The van der Waals surface area contributed by atoms with Gasteiger partial charge in [0, 0.05) is 57.2 Å².